The summed E-state index contributed by atoms with van der Waals surface area (Å²) in [6.45, 7) is 0.638. The monoisotopic (exact) mass is 346 g/mol. The molecule has 0 fully saturated rings. The number of nitro benzene ring substituents is 1. The normalized spacial score (nSPS) is 13.6. The van der Waals surface area contributed by atoms with E-state index in [-0.39, 0.29) is 17.2 Å². The maximum absolute atomic E-state index is 12.1. The molecule has 1 aromatic heterocycles. The Morgan fingerprint density at radius 3 is 2.83 bits per heavy atom. The predicted molar refractivity (Wildman–Crippen MR) is 88.4 cm³/mol. The Hall–Kier alpha value is -2.74. The van der Waals surface area contributed by atoms with Gasteiger partial charge in [-0.05, 0) is 30.5 Å². The first kappa shape index (κ1) is 16.1. The molecule has 24 heavy (non-hydrogen) atoms. The summed E-state index contributed by atoms with van der Waals surface area (Å²) in [5.41, 5.74) is 1.03. The van der Waals surface area contributed by atoms with Crippen LogP contribution in [0.4, 0.5) is 5.69 Å². The highest BCUT2D eigenvalue weighted by molar-refractivity contribution is 7.15. The molecule has 3 rings (SSSR count). The quantitative estimate of drug-likeness (QED) is 0.523. The van der Waals surface area contributed by atoms with E-state index in [0.29, 0.717) is 22.5 Å². The number of nitro groups is 1. The number of carbonyl (C=O) groups excluding carboxylic acids is 2. The lowest BCUT2D eigenvalue weighted by Gasteiger charge is -2.03. The lowest BCUT2D eigenvalue weighted by atomic mass is 10.1. The number of nitrogens with zero attached hydrogens (tertiary/aromatic N) is 1. The first-order chi connectivity index (χ1) is 11.5. The van der Waals surface area contributed by atoms with Gasteiger partial charge >= 0.3 is 5.97 Å². The van der Waals surface area contributed by atoms with Crippen LogP contribution in [-0.2, 0) is 11.2 Å². The number of non-ortho nitro benzene ring substituents is 1. The van der Waals surface area contributed by atoms with Crippen LogP contribution in [0.3, 0.4) is 0 Å². The average molecular weight is 346 g/mol. The minimum Gasteiger partial charge on any atom is -0.465 e. The molecule has 8 heteroatoms. The minimum absolute atomic E-state index is 0.106. The highest BCUT2D eigenvalue weighted by Crippen LogP contribution is 2.35. The third-order valence-corrected chi connectivity index (χ3v) is 5.00. The Morgan fingerprint density at radius 2 is 2.12 bits per heavy atom. The molecular formula is C16H14N2O5S. The molecule has 1 aliphatic heterocycles. The molecule has 0 bridgehead atoms. The summed E-state index contributed by atoms with van der Waals surface area (Å²) in [6, 6.07) is 5.85. The van der Waals surface area contributed by atoms with Crippen molar-refractivity contribution in [2.45, 2.75) is 12.8 Å². The summed E-state index contributed by atoms with van der Waals surface area (Å²) in [5, 5.41) is 14.0. The Labute approximate surface area is 141 Å². The van der Waals surface area contributed by atoms with Crippen molar-refractivity contribution in [1.82, 2.24) is 5.32 Å². The zero-order valence-corrected chi connectivity index (χ0v) is 13.6. The number of hydrogen-bond acceptors (Lipinski definition) is 6. The topological polar surface area (TPSA) is 98.5 Å². The summed E-state index contributed by atoms with van der Waals surface area (Å²) in [7, 11) is 1.22. The van der Waals surface area contributed by atoms with Crippen molar-refractivity contribution in [2.75, 3.05) is 13.7 Å². The van der Waals surface area contributed by atoms with Gasteiger partial charge in [0.05, 0.1) is 23.2 Å². The predicted octanol–water partition coefficient (Wildman–Crippen LogP) is 2.79. The number of benzene rings is 1. The number of carbonyl (C=O) groups is 2. The van der Waals surface area contributed by atoms with Gasteiger partial charge in [0, 0.05) is 28.4 Å². The number of ether oxygens (including phenoxy) is 1. The van der Waals surface area contributed by atoms with Gasteiger partial charge in [0.2, 0.25) is 0 Å². The van der Waals surface area contributed by atoms with Gasteiger partial charge in [-0.25, -0.2) is 4.79 Å². The third-order valence-electron chi connectivity index (χ3n) is 3.75. The van der Waals surface area contributed by atoms with Gasteiger partial charge in [0.15, 0.2) is 0 Å². The molecule has 1 aromatic carbocycles. The summed E-state index contributed by atoms with van der Waals surface area (Å²) in [5.74, 6) is -0.778. The molecule has 1 amide bonds. The van der Waals surface area contributed by atoms with E-state index in [0.717, 1.165) is 17.7 Å². The van der Waals surface area contributed by atoms with Crippen molar-refractivity contribution in [3.63, 3.8) is 0 Å². The summed E-state index contributed by atoms with van der Waals surface area (Å²) < 4.78 is 4.65. The van der Waals surface area contributed by atoms with Crippen LogP contribution in [0.25, 0.3) is 10.4 Å². The highest BCUT2D eigenvalue weighted by atomic mass is 32.1. The van der Waals surface area contributed by atoms with Crippen molar-refractivity contribution in [3.8, 4) is 10.4 Å². The third kappa shape index (κ3) is 3.00. The van der Waals surface area contributed by atoms with Crippen LogP contribution in [-0.4, -0.2) is 30.5 Å². The highest BCUT2D eigenvalue weighted by Gasteiger charge is 2.21. The number of esters is 1. The van der Waals surface area contributed by atoms with Gasteiger partial charge in [-0.1, -0.05) is 0 Å². The van der Waals surface area contributed by atoms with Crippen LogP contribution in [0.2, 0.25) is 0 Å². The van der Waals surface area contributed by atoms with Crippen molar-refractivity contribution in [3.05, 3.63) is 50.4 Å². The zero-order valence-electron chi connectivity index (χ0n) is 12.8. The molecule has 0 unspecified atom stereocenters. The van der Waals surface area contributed by atoms with Gasteiger partial charge in [0.1, 0.15) is 0 Å². The van der Waals surface area contributed by atoms with Gasteiger partial charge in [-0.2, -0.15) is 0 Å². The number of rotatable bonds is 3. The zero-order chi connectivity index (χ0) is 17.3. The number of nitrogens with one attached hydrogen (secondary N) is 1. The van der Waals surface area contributed by atoms with Gasteiger partial charge in [0.25, 0.3) is 11.6 Å². The fraction of sp³-hybridized carbons (Fsp3) is 0.250. The van der Waals surface area contributed by atoms with Crippen LogP contribution >= 0.6 is 11.3 Å². The van der Waals surface area contributed by atoms with E-state index in [1.807, 2.05) is 0 Å². The lowest BCUT2D eigenvalue weighted by molar-refractivity contribution is -0.384. The van der Waals surface area contributed by atoms with Gasteiger partial charge < -0.3 is 10.1 Å². The molecule has 0 spiro atoms. The number of methoxy groups -OCH3 is 1. The Balaban J connectivity index is 2.10. The minimum atomic E-state index is -0.643. The number of amides is 1. The Morgan fingerprint density at radius 1 is 1.33 bits per heavy atom. The molecule has 2 heterocycles. The summed E-state index contributed by atoms with van der Waals surface area (Å²) >= 11 is 1.42. The van der Waals surface area contributed by atoms with E-state index < -0.39 is 10.9 Å². The Bertz CT molecular complexity index is 843. The van der Waals surface area contributed by atoms with Gasteiger partial charge in [-0.3, -0.25) is 14.9 Å². The molecule has 2 aromatic rings. The SMILES string of the molecule is COC(=O)c1cc(-c2cc3c(s2)CCCNC3=O)cc([N+](=O)[O-])c1. The van der Waals surface area contributed by atoms with Crippen molar-refractivity contribution in [1.29, 1.82) is 0 Å². The maximum atomic E-state index is 12.1. The second-order valence-electron chi connectivity index (χ2n) is 5.32. The molecule has 1 aliphatic rings. The largest absolute Gasteiger partial charge is 0.465 e. The maximum Gasteiger partial charge on any atom is 0.338 e. The molecule has 0 atom stereocenters. The lowest BCUT2D eigenvalue weighted by Crippen LogP contribution is -2.22. The van der Waals surface area contributed by atoms with Crippen molar-refractivity contribution < 1.29 is 19.2 Å². The van der Waals surface area contributed by atoms with E-state index in [9.17, 15) is 19.7 Å². The van der Waals surface area contributed by atoms with E-state index in [2.05, 4.69) is 10.1 Å². The fourth-order valence-corrected chi connectivity index (χ4v) is 3.78. The summed E-state index contributed by atoms with van der Waals surface area (Å²) in [6.07, 6.45) is 1.62. The van der Waals surface area contributed by atoms with E-state index in [1.54, 1.807) is 12.1 Å². The molecule has 1 N–H and O–H groups in total. The number of thiophene rings is 1. The standard InChI is InChI=1S/C16H14N2O5S/c1-23-16(20)10-5-9(6-11(7-10)18(21)22)14-8-12-13(24-14)3-2-4-17-15(12)19/h5-8H,2-4H2,1H3,(H,17,19). The van der Waals surface area contributed by atoms with Crippen molar-refractivity contribution in [2.24, 2.45) is 0 Å². The van der Waals surface area contributed by atoms with Crippen LogP contribution in [0.15, 0.2) is 24.3 Å². The van der Waals surface area contributed by atoms with Crippen LogP contribution in [0.5, 0.6) is 0 Å². The van der Waals surface area contributed by atoms with E-state index in [1.165, 1.54) is 30.6 Å². The average Bonchev–Trinajstić information content (AvgIpc) is 2.94. The van der Waals surface area contributed by atoms with E-state index >= 15 is 0 Å². The second kappa shape index (κ2) is 6.40. The molecule has 0 saturated carbocycles. The molecular weight excluding hydrogens is 332 g/mol. The number of fused-ring (bicyclic) bond motifs is 1. The molecule has 124 valence electrons. The second-order valence-corrected chi connectivity index (χ2v) is 6.46. The number of aryl methyl sites for hydroxylation is 1. The van der Waals surface area contributed by atoms with Crippen LogP contribution in [0.1, 0.15) is 32.0 Å². The van der Waals surface area contributed by atoms with Gasteiger partial charge in [-0.15, -0.1) is 11.3 Å². The van der Waals surface area contributed by atoms with Crippen LogP contribution < -0.4 is 5.32 Å². The van der Waals surface area contributed by atoms with Crippen LogP contribution in [0, 0.1) is 10.1 Å². The molecule has 0 aliphatic carbocycles. The molecule has 0 saturated heterocycles. The number of hydrogen-bond donors (Lipinski definition) is 1. The fourth-order valence-electron chi connectivity index (χ4n) is 2.59. The summed E-state index contributed by atoms with van der Waals surface area (Å²) in [4.78, 5) is 36.1. The molecule has 0 radical (unpaired) electrons. The smallest absolute Gasteiger partial charge is 0.338 e. The van der Waals surface area contributed by atoms with E-state index in [4.69, 9.17) is 0 Å². The Kier molecular flexibility index (Phi) is 4.30. The first-order valence-electron chi connectivity index (χ1n) is 7.28. The molecule has 7 nitrogen and oxygen atoms in total. The van der Waals surface area contributed by atoms with Crippen molar-refractivity contribution >= 4 is 28.9 Å². The first-order valence-corrected chi connectivity index (χ1v) is 8.10.